The van der Waals surface area contributed by atoms with Crippen molar-refractivity contribution in [2.45, 2.75) is 0 Å². The van der Waals surface area contributed by atoms with Crippen molar-refractivity contribution in [2.75, 3.05) is 5.88 Å². The summed E-state index contributed by atoms with van der Waals surface area (Å²) in [7, 11) is -3.88. The zero-order valence-corrected chi connectivity index (χ0v) is 7.96. The molecule has 0 aromatic rings. The molecular weight excluding hydrogens is 194 g/mol. The zero-order valence-electron chi connectivity index (χ0n) is 5.66. The molecule has 0 fully saturated rings. The summed E-state index contributed by atoms with van der Waals surface area (Å²) in [5.74, 6) is -0.701. The molecule has 0 spiro atoms. The van der Waals surface area contributed by atoms with E-state index in [9.17, 15) is 8.42 Å². The quantitative estimate of drug-likeness (QED) is 0.405. The summed E-state index contributed by atoms with van der Waals surface area (Å²) in [6.07, 6.45) is 0. The van der Waals surface area contributed by atoms with Gasteiger partial charge in [-0.3, -0.25) is 4.55 Å². The molecule has 0 bridgehead atoms. The van der Waals surface area contributed by atoms with Crippen molar-refractivity contribution < 1.29 is 15.8 Å². The van der Waals surface area contributed by atoms with Gasteiger partial charge in [-0.25, -0.2) is 0 Å². The molecule has 0 aromatic heterocycles. The van der Waals surface area contributed by atoms with Gasteiger partial charge in [0.05, 0.1) is 0 Å². The summed E-state index contributed by atoms with van der Waals surface area (Å²) >= 11 is 0. The van der Waals surface area contributed by atoms with Crippen molar-refractivity contribution in [3.63, 3.8) is 0 Å². The summed E-state index contributed by atoms with van der Waals surface area (Å²) in [5, 5.41) is 0. The summed E-state index contributed by atoms with van der Waals surface area (Å²) in [6.45, 7) is 0. The average molecular weight is 201 g/mol. The van der Waals surface area contributed by atoms with Gasteiger partial charge in [0, 0.05) is 0 Å². The number of rotatable bonds is 1. The van der Waals surface area contributed by atoms with E-state index < -0.39 is 16.0 Å². The molecule has 0 aliphatic heterocycles. The van der Waals surface area contributed by atoms with Crippen LogP contribution in [0, 0.1) is 0 Å². The minimum absolute atomic E-state index is 0. The van der Waals surface area contributed by atoms with Crippen molar-refractivity contribution in [2.24, 2.45) is 5.73 Å². The fourth-order valence-electron chi connectivity index (χ4n) is 0. The Balaban J connectivity index is -0.0000000417. The number of hydrogen-bond donors (Lipinski definition) is 2. The van der Waals surface area contributed by atoms with Crippen molar-refractivity contribution in [3.8, 4) is 0 Å². The predicted octanol–water partition coefficient (Wildman–Crippen LogP) is -1.37. The van der Waals surface area contributed by atoms with Crippen LogP contribution in [0.3, 0.4) is 0 Å². The Kier molecular flexibility index (Phi) is 6.79. The van der Waals surface area contributed by atoms with E-state index in [0.717, 1.165) is 0 Å². The Bertz CT molecular complexity index is 124. The molecule has 0 aliphatic rings. The molecule has 0 heterocycles. The smallest absolute Gasteiger partial charge is 1.00 e. The average Bonchev–Trinajstić information content (AvgIpc) is 1.35. The van der Waals surface area contributed by atoms with E-state index in [2.05, 4.69) is 5.73 Å². The minimum Gasteiger partial charge on any atom is -1.00 e. The summed E-state index contributed by atoms with van der Waals surface area (Å²) in [6, 6.07) is 0. The molecule has 6 heteroatoms. The topological polar surface area (TPSA) is 80.4 Å². The second-order valence-corrected chi connectivity index (χ2v) is 2.25. The van der Waals surface area contributed by atoms with Crippen molar-refractivity contribution >= 4 is 55.6 Å². The van der Waals surface area contributed by atoms with Gasteiger partial charge in [-0.1, -0.05) is 0 Å². The Morgan fingerprint density at radius 1 is 1.71 bits per heavy atom. The molecule has 42 valence electrons. The van der Waals surface area contributed by atoms with E-state index in [1.54, 1.807) is 0 Å². The Labute approximate surface area is 82.1 Å². The molecule has 0 radical (unpaired) electrons. The zero-order chi connectivity index (χ0) is 5.21. The molecule has 3 N–H and O–H groups in total. The van der Waals surface area contributed by atoms with Gasteiger partial charge < -0.3 is 8.59 Å². The van der Waals surface area contributed by atoms with Gasteiger partial charge in [-0.2, -0.15) is 8.42 Å². The summed E-state index contributed by atoms with van der Waals surface area (Å²) < 4.78 is 26.5. The maximum absolute atomic E-state index is 9.43. The molecule has 0 amide bonds. The minimum atomic E-state index is -3.88. The van der Waals surface area contributed by atoms with Crippen LogP contribution in [0.4, 0.5) is 0 Å². The molecule has 0 saturated carbocycles. The molecule has 4 nitrogen and oxygen atoms in total. The maximum atomic E-state index is 9.43. The summed E-state index contributed by atoms with van der Waals surface area (Å²) in [4.78, 5) is 0. The van der Waals surface area contributed by atoms with E-state index in [4.69, 9.17) is 4.55 Å². The molecule has 0 aromatic carbocycles. The predicted molar refractivity (Wildman–Crippen MR) is 28.6 cm³/mol. The standard InChI is InChI=1S/CH5NO3S.Sr.2H/c2-1-6(3,4)5;;;/h1-2H2,(H,3,4,5);;;/q;+2;2*-1. The van der Waals surface area contributed by atoms with Gasteiger partial charge in [0.15, 0.2) is 0 Å². The van der Waals surface area contributed by atoms with Gasteiger partial charge in [-0.15, -0.1) is 0 Å². The van der Waals surface area contributed by atoms with E-state index in [1.165, 1.54) is 0 Å². The Morgan fingerprint density at radius 3 is 1.86 bits per heavy atom. The van der Waals surface area contributed by atoms with Crippen LogP contribution >= 0.6 is 0 Å². The van der Waals surface area contributed by atoms with Crippen LogP contribution in [0.1, 0.15) is 2.85 Å². The second-order valence-electron chi connectivity index (χ2n) is 0.749. The Morgan fingerprint density at radius 2 is 1.86 bits per heavy atom. The fourth-order valence-corrected chi connectivity index (χ4v) is 0. The van der Waals surface area contributed by atoms with Crippen LogP contribution in [-0.4, -0.2) is 64.3 Å². The van der Waals surface area contributed by atoms with E-state index >= 15 is 0 Å². The first kappa shape index (κ1) is 11.2. The van der Waals surface area contributed by atoms with Gasteiger partial charge in [-0.05, 0) is 0 Å². The third-order valence-electron chi connectivity index (χ3n) is 0.211. The molecule has 0 aliphatic carbocycles. The monoisotopic (exact) mass is 201 g/mol. The second kappa shape index (κ2) is 4.25. The Hall–Kier alpha value is 1.35. The van der Waals surface area contributed by atoms with Crippen LogP contribution in [-0.2, 0) is 10.1 Å². The molecule has 7 heavy (non-hydrogen) atoms. The van der Waals surface area contributed by atoms with Crippen molar-refractivity contribution in [1.29, 1.82) is 0 Å². The molecule has 0 atom stereocenters. The third-order valence-corrected chi connectivity index (χ3v) is 0.632. The first-order chi connectivity index (χ1) is 2.56. The summed E-state index contributed by atoms with van der Waals surface area (Å²) in [5.41, 5.74) is 4.47. The number of hydrogen-bond acceptors (Lipinski definition) is 3. The van der Waals surface area contributed by atoms with E-state index in [1.807, 2.05) is 0 Å². The largest absolute Gasteiger partial charge is 2.00 e. The van der Waals surface area contributed by atoms with Gasteiger partial charge in [0.1, 0.15) is 5.88 Å². The molecule has 0 rings (SSSR count). The molecular formula is CH7NO3SSr. The SMILES string of the molecule is NCS(=O)(=O)O.[H-].[H-].[Sr+2]. The number of nitrogens with two attached hydrogens (primary N) is 1. The third kappa shape index (κ3) is 11.1. The van der Waals surface area contributed by atoms with Crippen LogP contribution in [0.5, 0.6) is 0 Å². The van der Waals surface area contributed by atoms with Crippen molar-refractivity contribution in [1.82, 2.24) is 0 Å². The van der Waals surface area contributed by atoms with E-state index in [0.29, 0.717) is 0 Å². The van der Waals surface area contributed by atoms with E-state index in [-0.39, 0.29) is 48.3 Å². The van der Waals surface area contributed by atoms with Crippen LogP contribution in [0.25, 0.3) is 0 Å². The van der Waals surface area contributed by atoms with Gasteiger partial charge >= 0.3 is 45.5 Å². The van der Waals surface area contributed by atoms with Crippen LogP contribution < -0.4 is 5.73 Å². The maximum Gasteiger partial charge on any atom is 2.00 e. The van der Waals surface area contributed by atoms with Crippen LogP contribution in [0.15, 0.2) is 0 Å². The normalized spacial score (nSPS) is 10.0. The first-order valence-corrected chi connectivity index (χ1v) is 2.82. The molecule has 0 unspecified atom stereocenters. The van der Waals surface area contributed by atoms with Gasteiger partial charge in [0.25, 0.3) is 10.1 Å². The van der Waals surface area contributed by atoms with Gasteiger partial charge in [0.2, 0.25) is 0 Å². The van der Waals surface area contributed by atoms with Crippen LogP contribution in [0.2, 0.25) is 0 Å². The van der Waals surface area contributed by atoms with Crippen molar-refractivity contribution in [3.05, 3.63) is 0 Å². The fraction of sp³-hybridized carbons (Fsp3) is 1.00. The first-order valence-electron chi connectivity index (χ1n) is 1.21. The molecule has 0 saturated heterocycles.